The molecule has 5 heteroatoms. The molecule has 2 heterocycles. The molecule has 0 spiro atoms. The highest BCUT2D eigenvalue weighted by Gasteiger charge is 2.22. The third-order valence-electron chi connectivity index (χ3n) is 2.89. The number of Topliss-reactive ketones (excluding diaryl/α,β-unsaturated/α-hetero) is 1. The van der Waals surface area contributed by atoms with Crippen molar-refractivity contribution >= 4 is 34.8 Å². The minimum absolute atomic E-state index is 0.0537. The Hall–Kier alpha value is -2.40. The number of ketones is 1. The lowest BCUT2D eigenvalue weighted by atomic mass is 10.1. The van der Waals surface area contributed by atoms with Gasteiger partial charge in [-0.05, 0) is 36.6 Å². The first kappa shape index (κ1) is 12.6. The van der Waals surface area contributed by atoms with E-state index in [0.29, 0.717) is 17.0 Å². The highest BCUT2D eigenvalue weighted by atomic mass is 32.1. The van der Waals surface area contributed by atoms with Gasteiger partial charge in [0.15, 0.2) is 17.3 Å². The Kier molecular flexibility index (Phi) is 3.12. The molecule has 0 aliphatic carbocycles. The first-order chi connectivity index (χ1) is 9.63. The van der Waals surface area contributed by atoms with Gasteiger partial charge in [-0.2, -0.15) is 0 Å². The SMILES string of the molecule is CC(=O)c1ccc2c(c1)NC(=O)/C(=C\c1cccs1)O2. The number of benzene rings is 1. The molecule has 1 aliphatic heterocycles. The number of carbonyl (C=O) groups excluding carboxylic acids is 2. The van der Waals surface area contributed by atoms with Crippen LogP contribution in [0.25, 0.3) is 6.08 Å². The fourth-order valence-corrected chi connectivity index (χ4v) is 2.53. The van der Waals surface area contributed by atoms with Crippen molar-refractivity contribution in [2.75, 3.05) is 5.32 Å². The van der Waals surface area contributed by atoms with Crippen LogP contribution in [0.3, 0.4) is 0 Å². The topological polar surface area (TPSA) is 55.4 Å². The van der Waals surface area contributed by atoms with Crippen molar-refractivity contribution in [1.82, 2.24) is 0 Å². The maximum atomic E-state index is 12.0. The first-order valence-electron chi connectivity index (χ1n) is 6.03. The van der Waals surface area contributed by atoms with E-state index in [1.807, 2.05) is 17.5 Å². The van der Waals surface area contributed by atoms with E-state index in [4.69, 9.17) is 4.74 Å². The maximum absolute atomic E-state index is 12.0. The predicted octanol–water partition coefficient (Wildman–Crippen LogP) is 3.32. The lowest BCUT2D eigenvalue weighted by Crippen LogP contribution is -2.23. The molecule has 0 unspecified atom stereocenters. The molecule has 0 saturated carbocycles. The van der Waals surface area contributed by atoms with Gasteiger partial charge < -0.3 is 10.1 Å². The molecule has 0 fully saturated rings. The van der Waals surface area contributed by atoms with Crippen LogP contribution in [0.15, 0.2) is 41.5 Å². The lowest BCUT2D eigenvalue weighted by molar-refractivity contribution is -0.115. The Morgan fingerprint density at radius 1 is 1.35 bits per heavy atom. The number of fused-ring (bicyclic) bond motifs is 1. The summed E-state index contributed by atoms with van der Waals surface area (Å²) in [5.41, 5.74) is 1.06. The second kappa shape index (κ2) is 4.94. The summed E-state index contributed by atoms with van der Waals surface area (Å²) in [5.74, 6) is 0.418. The van der Waals surface area contributed by atoms with Crippen LogP contribution in [0.2, 0.25) is 0 Å². The molecule has 4 nitrogen and oxygen atoms in total. The molecular weight excluding hydrogens is 274 g/mol. The van der Waals surface area contributed by atoms with Crippen LogP contribution in [0, 0.1) is 0 Å². The minimum Gasteiger partial charge on any atom is -0.449 e. The third kappa shape index (κ3) is 2.35. The molecule has 1 aromatic carbocycles. The Morgan fingerprint density at radius 3 is 2.90 bits per heavy atom. The zero-order valence-electron chi connectivity index (χ0n) is 10.7. The molecule has 1 amide bonds. The minimum atomic E-state index is -0.313. The molecule has 0 saturated heterocycles. The van der Waals surface area contributed by atoms with Crippen LogP contribution in [0.4, 0.5) is 5.69 Å². The van der Waals surface area contributed by atoms with Gasteiger partial charge >= 0.3 is 0 Å². The molecule has 1 aliphatic rings. The van der Waals surface area contributed by atoms with E-state index in [2.05, 4.69) is 5.32 Å². The second-order valence-electron chi connectivity index (χ2n) is 4.35. The average molecular weight is 285 g/mol. The Labute approximate surface area is 119 Å². The Bertz CT molecular complexity index is 717. The number of nitrogens with one attached hydrogen (secondary N) is 1. The van der Waals surface area contributed by atoms with E-state index < -0.39 is 0 Å². The van der Waals surface area contributed by atoms with Crippen molar-refractivity contribution in [2.24, 2.45) is 0 Å². The largest absolute Gasteiger partial charge is 0.449 e. The molecule has 3 rings (SSSR count). The van der Waals surface area contributed by atoms with Crippen molar-refractivity contribution in [2.45, 2.75) is 6.92 Å². The molecule has 0 atom stereocenters. The smallest absolute Gasteiger partial charge is 0.291 e. The fraction of sp³-hybridized carbons (Fsp3) is 0.0667. The summed E-state index contributed by atoms with van der Waals surface area (Å²) in [6.07, 6.45) is 1.70. The number of amides is 1. The molecule has 1 aromatic heterocycles. The number of rotatable bonds is 2. The highest BCUT2D eigenvalue weighted by Crippen LogP contribution is 2.32. The number of thiophene rings is 1. The maximum Gasteiger partial charge on any atom is 0.291 e. The van der Waals surface area contributed by atoms with Gasteiger partial charge in [-0.3, -0.25) is 9.59 Å². The Morgan fingerprint density at radius 2 is 2.20 bits per heavy atom. The summed E-state index contributed by atoms with van der Waals surface area (Å²) >= 11 is 1.53. The van der Waals surface area contributed by atoms with E-state index in [1.54, 1.807) is 24.3 Å². The van der Waals surface area contributed by atoms with Crippen LogP contribution < -0.4 is 10.1 Å². The van der Waals surface area contributed by atoms with Crippen molar-refractivity contribution in [3.8, 4) is 5.75 Å². The lowest BCUT2D eigenvalue weighted by Gasteiger charge is -2.20. The summed E-state index contributed by atoms with van der Waals surface area (Å²) in [4.78, 5) is 24.2. The molecule has 20 heavy (non-hydrogen) atoms. The normalized spacial score (nSPS) is 15.4. The van der Waals surface area contributed by atoms with Gasteiger partial charge in [-0.1, -0.05) is 6.07 Å². The predicted molar refractivity (Wildman–Crippen MR) is 78.0 cm³/mol. The molecule has 1 N–H and O–H groups in total. The van der Waals surface area contributed by atoms with Crippen LogP contribution in [-0.4, -0.2) is 11.7 Å². The number of hydrogen-bond acceptors (Lipinski definition) is 4. The zero-order valence-corrected chi connectivity index (χ0v) is 11.5. The molecule has 0 bridgehead atoms. The third-order valence-corrected chi connectivity index (χ3v) is 3.71. The molecule has 2 aromatic rings. The Balaban J connectivity index is 1.95. The van der Waals surface area contributed by atoms with E-state index in [-0.39, 0.29) is 17.4 Å². The molecule has 0 radical (unpaired) electrons. The van der Waals surface area contributed by atoms with Crippen molar-refractivity contribution < 1.29 is 14.3 Å². The summed E-state index contributed by atoms with van der Waals surface area (Å²) in [7, 11) is 0. The number of ether oxygens (including phenoxy) is 1. The summed E-state index contributed by atoms with van der Waals surface area (Å²) < 4.78 is 5.60. The summed E-state index contributed by atoms with van der Waals surface area (Å²) in [5, 5.41) is 4.67. The standard InChI is InChI=1S/C15H11NO3S/c1-9(17)10-4-5-13-12(7-10)16-15(18)14(19-13)8-11-3-2-6-20-11/h2-8H,1H3,(H,16,18)/b14-8+. The molecular formula is C15H11NO3S. The van der Waals surface area contributed by atoms with E-state index >= 15 is 0 Å². The zero-order chi connectivity index (χ0) is 14.1. The van der Waals surface area contributed by atoms with Crippen molar-refractivity contribution in [3.63, 3.8) is 0 Å². The van der Waals surface area contributed by atoms with E-state index in [1.165, 1.54) is 18.3 Å². The van der Waals surface area contributed by atoms with Gasteiger partial charge in [0.05, 0.1) is 5.69 Å². The van der Waals surface area contributed by atoms with Gasteiger partial charge in [0.2, 0.25) is 0 Å². The monoisotopic (exact) mass is 285 g/mol. The number of hydrogen-bond donors (Lipinski definition) is 1. The average Bonchev–Trinajstić information content (AvgIpc) is 2.92. The van der Waals surface area contributed by atoms with E-state index in [9.17, 15) is 9.59 Å². The number of anilines is 1. The fourth-order valence-electron chi connectivity index (χ4n) is 1.88. The summed E-state index contributed by atoms with van der Waals surface area (Å²) in [6, 6.07) is 8.81. The second-order valence-corrected chi connectivity index (χ2v) is 5.33. The van der Waals surface area contributed by atoms with Crippen molar-refractivity contribution in [1.29, 1.82) is 0 Å². The summed E-state index contributed by atoms with van der Waals surface area (Å²) in [6.45, 7) is 1.48. The van der Waals surface area contributed by atoms with Gasteiger partial charge in [-0.15, -0.1) is 11.3 Å². The molecule has 100 valence electrons. The van der Waals surface area contributed by atoms with Gasteiger partial charge in [0, 0.05) is 16.5 Å². The van der Waals surface area contributed by atoms with Crippen LogP contribution in [0.5, 0.6) is 5.75 Å². The first-order valence-corrected chi connectivity index (χ1v) is 6.91. The van der Waals surface area contributed by atoms with Gasteiger partial charge in [0.25, 0.3) is 5.91 Å². The van der Waals surface area contributed by atoms with Gasteiger partial charge in [-0.25, -0.2) is 0 Å². The number of carbonyl (C=O) groups is 2. The van der Waals surface area contributed by atoms with Crippen LogP contribution in [-0.2, 0) is 4.79 Å². The van der Waals surface area contributed by atoms with E-state index in [0.717, 1.165) is 4.88 Å². The highest BCUT2D eigenvalue weighted by molar-refractivity contribution is 7.10. The van der Waals surface area contributed by atoms with Gasteiger partial charge in [0.1, 0.15) is 0 Å². The van der Waals surface area contributed by atoms with Crippen LogP contribution >= 0.6 is 11.3 Å². The quantitative estimate of drug-likeness (QED) is 0.680. The van der Waals surface area contributed by atoms with Crippen LogP contribution in [0.1, 0.15) is 22.2 Å². The van der Waals surface area contributed by atoms with Crippen molar-refractivity contribution in [3.05, 3.63) is 51.9 Å².